The second-order valence-electron chi connectivity index (χ2n) is 6.07. The lowest BCUT2D eigenvalue weighted by Crippen LogP contribution is -2.08. The van der Waals surface area contributed by atoms with Gasteiger partial charge >= 0.3 is 5.97 Å². The van der Waals surface area contributed by atoms with Crippen molar-refractivity contribution in [2.75, 3.05) is 13.7 Å². The minimum Gasteiger partial charge on any atom is -0.497 e. The van der Waals surface area contributed by atoms with Gasteiger partial charge in [-0.25, -0.2) is 4.79 Å². The summed E-state index contributed by atoms with van der Waals surface area (Å²) in [6, 6.07) is 19.8. The highest BCUT2D eigenvalue weighted by Gasteiger charge is 2.21. The Hall–Kier alpha value is -3.01. The quantitative estimate of drug-likeness (QED) is 0.606. The second kappa shape index (κ2) is 7.91. The zero-order valence-corrected chi connectivity index (χ0v) is 15.4. The highest BCUT2D eigenvalue weighted by molar-refractivity contribution is 5.97. The minimum absolute atomic E-state index is 0.289. The van der Waals surface area contributed by atoms with E-state index in [1.165, 1.54) is 0 Å². The van der Waals surface area contributed by atoms with Gasteiger partial charge in [-0.2, -0.15) is 0 Å². The Kier molecular flexibility index (Phi) is 5.42. The molecule has 26 heavy (non-hydrogen) atoms. The molecule has 4 heteroatoms. The van der Waals surface area contributed by atoms with Crippen molar-refractivity contribution < 1.29 is 14.3 Å². The fourth-order valence-electron chi connectivity index (χ4n) is 3.07. The van der Waals surface area contributed by atoms with Gasteiger partial charge < -0.3 is 14.0 Å². The van der Waals surface area contributed by atoms with Crippen molar-refractivity contribution in [3.05, 3.63) is 77.5 Å². The second-order valence-corrected chi connectivity index (χ2v) is 6.07. The zero-order chi connectivity index (χ0) is 18.5. The predicted octanol–water partition coefficient (Wildman–Crippen LogP) is 4.70. The van der Waals surface area contributed by atoms with Crippen molar-refractivity contribution in [3.63, 3.8) is 0 Å². The molecule has 0 aliphatic heterocycles. The van der Waals surface area contributed by atoms with Crippen LogP contribution >= 0.6 is 0 Å². The molecule has 3 rings (SSSR count). The van der Waals surface area contributed by atoms with Gasteiger partial charge in [0.2, 0.25) is 0 Å². The maximum atomic E-state index is 12.5. The summed E-state index contributed by atoms with van der Waals surface area (Å²) in [5.74, 6) is 0.538. The van der Waals surface area contributed by atoms with Gasteiger partial charge in [-0.3, -0.25) is 0 Å². The van der Waals surface area contributed by atoms with Gasteiger partial charge in [0.05, 0.1) is 25.0 Å². The summed E-state index contributed by atoms with van der Waals surface area (Å²) in [5, 5.41) is 0. The first kappa shape index (κ1) is 17.8. The van der Waals surface area contributed by atoms with Crippen LogP contribution in [-0.4, -0.2) is 24.3 Å². The molecular formula is C22H23NO3. The van der Waals surface area contributed by atoms with Crippen LogP contribution in [0, 0.1) is 6.92 Å². The van der Waals surface area contributed by atoms with Crippen LogP contribution in [0.1, 0.15) is 28.5 Å². The molecule has 0 unspecified atom stereocenters. The Morgan fingerprint density at radius 3 is 2.35 bits per heavy atom. The van der Waals surface area contributed by atoms with Crippen molar-refractivity contribution in [3.8, 4) is 17.0 Å². The van der Waals surface area contributed by atoms with Crippen molar-refractivity contribution in [1.82, 2.24) is 4.57 Å². The lowest BCUT2D eigenvalue weighted by Gasteiger charge is -2.14. The summed E-state index contributed by atoms with van der Waals surface area (Å²) in [6.07, 6.45) is 0. The fraction of sp³-hybridized carbons (Fsp3) is 0.227. The van der Waals surface area contributed by atoms with E-state index in [2.05, 4.69) is 4.57 Å². The van der Waals surface area contributed by atoms with E-state index in [1.54, 1.807) is 7.11 Å². The SMILES string of the molecule is CCOC(=O)c1cc(C)n(Cc2ccc(OC)cc2)c1-c1ccccc1. The summed E-state index contributed by atoms with van der Waals surface area (Å²) >= 11 is 0. The predicted molar refractivity (Wildman–Crippen MR) is 103 cm³/mol. The maximum absolute atomic E-state index is 12.5. The minimum atomic E-state index is -0.289. The number of hydrogen-bond donors (Lipinski definition) is 0. The molecule has 4 nitrogen and oxygen atoms in total. The molecule has 2 aromatic carbocycles. The number of rotatable bonds is 6. The summed E-state index contributed by atoms with van der Waals surface area (Å²) in [5.41, 5.74) is 4.64. The van der Waals surface area contributed by atoms with Crippen LogP contribution in [0.2, 0.25) is 0 Å². The number of methoxy groups -OCH3 is 1. The van der Waals surface area contributed by atoms with Gasteiger partial charge in [-0.15, -0.1) is 0 Å². The summed E-state index contributed by atoms with van der Waals surface area (Å²) in [7, 11) is 1.66. The third-order valence-corrected chi connectivity index (χ3v) is 4.35. The average molecular weight is 349 g/mol. The molecule has 0 N–H and O–H groups in total. The summed E-state index contributed by atoms with van der Waals surface area (Å²) in [6.45, 7) is 4.86. The molecule has 0 amide bonds. The van der Waals surface area contributed by atoms with Crippen LogP contribution in [0.5, 0.6) is 5.75 Å². The first-order valence-electron chi connectivity index (χ1n) is 8.69. The monoisotopic (exact) mass is 349 g/mol. The number of hydrogen-bond acceptors (Lipinski definition) is 3. The van der Waals surface area contributed by atoms with Crippen LogP contribution in [0.25, 0.3) is 11.3 Å². The molecule has 0 atom stereocenters. The molecule has 0 radical (unpaired) electrons. The Morgan fingerprint density at radius 2 is 1.73 bits per heavy atom. The van der Waals surface area contributed by atoms with Crippen LogP contribution in [-0.2, 0) is 11.3 Å². The average Bonchev–Trinajstić information content (AvgIpc) is 3.00. The number of carbonyl (C=O) groups excluding carboxylic acids is 1. The Labute approximate surface area is 154 Å². The molecule has 134 valence electrons. The van der Waals surface area contributed by atoms with E-state index in [4.69, 9.17) is 9.47 Å². The number of benzene rings is 2. The van der Waals surface area contributed by atoms with Crippen molar-refractivity contribution in [1.29, 1.82) is 0 Å². The topological polar surface area (TPSA) is 40.5 Å². The molecule has 0 aliphatic carbocycles. The van der Waals surface area contributed by atoms with Gasteiger partial charge in [0, 0.05) is 12.2 Å². The Balaban J connectivity index is 2.07. The lowest BCUT2D eigenvalue weighted by molar-refractivity contribution is 0.0527. The third-order valence-electron chi connectivity index (χ3n) is 4.35. The fourth-order valence-corrected chi connectivity index (χ4v) is 3.07. The largest absolute Gasteiger partial charge is 0.497 e. The van der Waals surface area contributed by atoms with E-state index in [0.29, 0.717) is 18.7 Å². The molecule has 0 spiro atoms. The van der Waals surface area contributed by atoms with Gasteiger partial charge in [0.15, 0.2) is 0 Å². The number of nitrogens with zero attached hydrogens (tertiary/aromatic N) is 1. The van der Waals surface area contributed by atoms with E-state index >= 15 is 0 Å². The molecule has 0 saturated carbocycles. The van der Waals surface area contributed by atoms with Crippen LogP contribution < -0.4 is 4.74 Å². The normalized spacial score (nSPS) is 10.6. The zero-order valence-electron chi connectivity index (χ0n) is 15.4. The smallest absolute Gasteiger partial charge is 0.340 e. The molecule has 0 fully saturated rings. The van der Waals surface area contributed by atoms with Crippen molar-refractivity contribution in [2.45, 2.75) is 20.4 Å². The standard InChI is InChI=1S/C22H23NO3/c1-4-26-22(24)20-14-16(2)23(21(20)18-8-6-5-7-9-18)15-17-10-12-19(25-3)13-11-17/h5-14H,4,15H2,1-3H3. The summed E-state index contributed by atoms with van der Waals surface area (Å²) in [4.78, 5) is 12.5. The molecule has 1 heterocycles. The van der Waals surface area contributed by atoms with E-state index in [0.717, 1.165) is 28.3 Å². The number of esters is 1. The van der Waals surface area contributed by atoms with Crippen molar-refractivity contribution >= 4 is 5.97 Å². The maximum Gasteiger partial charge on any atom is 0.340 e. The molecule has 0 saturated heterocycles. The molecule has 1 aromatic heterocycles. The molecular weight excluding hydrogens is 326 g/mol. The van der Waals surface area contributed by atoms with E-state index in [1.807, 2.05) is 74.5 Å². The van der Waals surface area contributed by atoms with Gasteiger partial charge in [0.25, 0.3) is 0 Å². The van der Waals surface area contributed by atoms with Crippen LogP contribution in [0.4, 0.5) is 0 Å². The number of ether oxygens (including phenoxy) is 2. The summed E-state index contributed by atoms with van der Waals surface area (Å²) < 4.78 is 12.7. The van der Waals surface area contributed by atoms with Gasteiger partial charge in [-0.05, 0) is 43.2 Å². The van der Waals surface area contributed by atoms with Gasteiger partial charge in [0.1, 0.15) is 5.75 Å². The third kappa shape index (κ3) is 3.64. The Bertz CT molecular complexity index is 880. The molecule has 0 bridgehead atoms. The first-order valence-corrected chi connectivity index (χ1v) is 8.69. The van der Waals surface area contributed by atoms with Gasteiger partial charge in [-0.1, -0.05) is 42.5 Å². The van der Waals surface area contributed by atoms with Crippen molar-refractivity contribution in [2.24, 2.45) is 0 Å². The van der Waals surface area contributed by atoms with Crippen LogP contribution in [0.15, 0.2) is 60.7 Å². The lowest BCUT2D eigenvalue weighted by atomic mass is 10.1. The van der Waals surface area contributed by atoms with E-state index in [-0.39, 0.29) is 5.97 Å². The van der Waals surface area contributed by atoms with Crippen LogP contribution in [0.3, 0.4) is 0 Å². The van der Waals surface area contributed by atoms with E-state index in [9.17, 15) is 4.79 Å². The Morgan fingerprint density at radius 1 is 1.04 bits per heavy atom. The number of carbonyl (C=O) groups is 1. The molecule has 3 aromatic rings. The highest BCUT2D eigenvalue weighted by atomic mass is 16.5. The molecule has 0 aliphatic rings. The van der Waals surface area contributed by atoms with E-state index < -0.39 is 0 Å². The number of aryl methyl sites for hydroxylation is 1. The number of aromatic nitrogens is 1. The first-order chi connectivity index (χ1) is 12.6. The highest BCUT2D eigenvalue weighted by Crippen LogP contribution is 2.29.